The molecule has 0 aliphatic carbocycles. The fourth-order valence-electron chi connectivity index (χ4n) is 2.09. The van der Waals surface area contributed by atoms with Gasteiger partial charge in [-0.2, -0.15) is 0 Å². The van der Waals surface area contributed by atoms with Crippen LogP contribution in [0.4, 0.5) is 0 Å². The summed E-state index contributed by atoms with van der Waals surface area (Å²) in [5.41, 5.74) is 3.66. The van der Waals surface area contributed by atoms with E-state index in [1.54, 1.807) is 18.4 Å². The molecule has 4 nitrogen and oxygen atoms in total. The van der Waals surface area contributed by atoms with E-state index in [9.17, 15) is 0 Å². The molecule has 23 heavy (non-hydrogen) atoms. The minimum atomic E-state index is 0.470. The van der Waals surface area contributed by atoms with Crippen LogP contribution in [0.1, 0.15) is 41.6 Å². The molecule has 124 valence electrons. The first-order chi connectivity index (χ1) is 11.0. The van der Waals surface area contributed by atoms with Gasteiger partial charge in [0.2, 0.25) is 0 Å². The number of rotatable bonds is 5. The van der Waals surface area contributed by atoms with Crippen molar-refractivity contribution in [2.24, 2.45) is 4.99 Å². The Morgan fingerprint density at radius 2 is 2.04 bits per heavy atom. The second kappa shape index (κ2) is 8.45. The van der Waals surface area contributed by atoms with Gasteiger partial charge in [0, 0.05) is 23.4 Å². The van der Waals surface area contributed by atoms with Gasteiger partial charge in [0.15, 0.2) is 5.96 Å². The molecule has 0 fully saturated rings. The van der Waals surface area contributed by atoms with E-state index >= 15 is 0 Å². The number of guanidine groups is 1. The number of benzene rings is 1. The minimum absolute atomic E-state index is 0.470. The van der Waals surface area contributed by atoms with Crippen LogP contribution in [0, 0.1) is 6.92 Å². The molecule has 2 rings (SSSR count). The lowest BCUT2D eigenvalue weighted by molar-refractivity contribution is 0.784. The molecule has 6 heteroatoms. The molecule has 0 aliphatic heterocycles. The standard InChI is InChI=1S/C17H23BrN4S/c1-11(2)15-10-23-16(22-15)9-21-17(19-4)20-8-13-5-6-14(18)7-12(13)3/h5-7,10-11H,8-9H2,1-4H3,(H2,19,20,21). The number of nitrogens with zero attached hydrogens (tertiary/aromatic N) is 2. The molecule has 0 bridgehead atoms. The maximum absolute atomic E-state index is 4.63. The lowest BCUT2D eigenvalue weighted by Crippen LogP contribution is -2.36. The van der Waals surface area contributed by atoms with Crippen LogP contribution in [0.5, 0.6) is 0 Å². The number of nitrogens with one attached hydrogen (secondary N) is 2. The lowest BCUT2D eigenvalue weighted by Gasteiger charge is -2.12. The van der Waals surface area contributed by atoms with Crippen LogP contribution >= 0.6 is 27.3 Å². The first-order valence-corrected chi connectivity index (χ1v) is 9.30. The van der Waals surface area contributed by atoms with E-state index in [1.807, 2.05) is 0 Å². The number of aliphatic imine (C=N–C) groups is 1. The van der Waals surface area contributed by atoms with Crippen molar-refractivity contribution in [3.8, 4) is 0 Å². The molecule has 0 spiro atoms. The number of hydrogen-bond acceptors (Lipinski definition) is 3. The Morgan fingerprint density at radius 1 is 1.30 bits per heavy atom. The zero-order chi connectivity index (χ0) is 16.8. The van der Waals surface area contributed by atoms with Crippen molar-refractivity contribution in [3.63, 3.8) is 0 Å². The van der Waals surface area contributed by atoms with E-state index in [-0.39, 0.29) is 0 Å². The Balaban J connectivity index is 1.88. The third kappa shape index (κ3) is 5.32. The average molecular weight is 395 g/mol. The zero-order valence-corrected chi connectivity index (χ0v) is 16.4. The molecule has 0 aliphatic rings. The topological polar surface area (TPSA) is 49.3 Å². The summed E-state index contributed by atoms with van der Waals surface area (Å²) in [5.74, 6) is 1.26. The second-order valence-electron chi connectivity index (χ2n) is 5.67. The first-order valence-electron chi connectivity index (χ1n) is 7.63. The van der Waals surface area contributed by atoms with E-state index in [1.165, 1.54) is 11.1 Å². The molecule has 1 heterocycles. The summed E-state index contributed by atoms with van der Waals surface area (Å²) in [6.07, 6.45) is 0. The third-order valence-electron chi connectivity index (χ3n) is 3.54. The van der Waals surface area contributed by atoms with Gasteiger partial charge in [-0.05, 0) is 36.1 Å². The van der Waals surface area contributed by atoms with Crippen LogP contribution in [0.3, 0.4) is 0 Å². The van der Waals surface area contributed by atoms with E-state index in [0.29, 0.717) is 12.5 Å². The van der Waals surface area contributed by atoms with Gasteiger partial charge in [0.05, 0.1) is 12.2 Å². The van der Waals surface area contributed by atoms with Gasteiger partial charge >= 0.3 is 0 Å². The summed E-state index contributed by atoms with van der Waals surface area (Å²) in [5, 5.41) is 9.87. The van der Waals surface area contributed by atoms with E-state index < -0.39 is 0 Å². The highest BCUT2D eigenvalue weighted by Gasteiger charge is 2.07. The first kappa shape index (κ1) is 17.9. The summed E-state index contributed by atoms with van der Waals surface area (Å²) in [6.45, 7) is 7.87. The van der Waals surface area contributed by atoms with Crippen LogP contribution in [0.2, 0.25) is 0 Å². The zero-order valence-electron chi connectivity index (χ0n) is 14.0. The van der Waals surface area contributed by atoms with Crippen LogP contribution in [0.15, 0.2) is 33.0 Å². The van der Waals surface area contributed by atoms with Crippen molar-refractivity contribution < 1.29 is 0 Å². The Labute approximate surface area is 150 Å². The smallest absolute Gasteiger partial charge is 0.191 e. The minimum Gasteiger partial charge on any atom is -0.352 e. The predicted octanol–water partition coefficient (Wildman–Crippen LogP) is 4.20. The van der Waals surface area contributed by atoms with Gasteiger partial charge in [-0.1, -0.05) is 35.8 Å². The number of aryl methyl sites for hydroxylation is 1. The highest BCUT2D eigenvalue weighted by molar-refractivity contribution is 9.10. The van der Waals surface area contributed by atoms with Crippen molar-refractivity contribution >= 4 is 33.2 Å². The largest absolute Gasteiger partial charge is 0.352 e. The van der Waals surface area contributed by atoms with E-state index in [4.69, 9.17) is 0 Å². The van der Waals surface area contributed by atoms with Gasteiger partial charge in [-0.25, -0.2) is 4.98 Å². The number of thiazole rings is 1. The van der Waals surface area contributed by atoms with Crippen molar-refractivity contribution in [1.82, 2.24) is 15.6 Å². The van der Waals surface area contributed by atoms with Crippen LogP contribution < -0.4 is 10.6 Å². The quantitative estimate of drug-likeness (QED) is 0.589. The molecular formula is C17H23BrN4S. The van der Waals surface area contributed by atoms with Crippen LogP contribution in [0.25, 0.3) is 0 Å². The number of halogens is 1. The fourth-order valence-corrected chi connectivity index (χ4v) is 3.46. The molecule has 0 saturated carbocycles. The summed E-state index contributed by atoms with van der Waals surface area (Å²) in [4.78, 5) is 8.90. The van der Waals surface area contributed by atoms with Crippen molar-refractivity contribution in [2.75, 3.05) is 7.05 Å². The van der Waals surface area contributed by atoms with Gasteiger partial charge in [-0.15, -0.1) is 11.3 Å². The maximum atomic E-state index is 4.63. The Bertz CT molecular complexity index is 679. The average Bonchev–Trinajstić information content (AvgIpc) is 2.98. The second-order valence-corrected chi connectivity index (χ2v) is 7.53. The monoisotopic (exact) mass is 394 g/mol. The molecule has 0 saturated heterocycles. The molecule has 2 aromatic rings. The highest BCUT2D eigenvalue weighted by Crippen LogP contribution is 2.17. The molecule has 0 atom stereocenters. The Kier molecular flexibility index (Phi) is 6.59. The highest BCUT2D eigenvalue weighted by atomic mass is 79.9. The normalized spacial score (nSPS) is 11.8. The summed E-state index contributed by atoms with van der Waals surface area (Å²) < 4.78 is 1.10. The number of hydrogen-bond donors (Lipinski definition) is 2. The number of aromatic nitrogens is 1. The van der Waals surface area contributed by atoms with E-state index in [2.05, 4.69) is 80.9 Å². The summed E-state index contributed by atoms with van der Waals surface area (Å²) in [6, 6.07) is 6.30. The summed E-state index contributed by atoms with van der Waals surface area (Å²) >= 11 is 5.18. The molecule has 1 aromatic heterocycles. The van der Waals surface area contributed by atoms with Crippen molar-refractivity contribution in [2.45, 2.75) is 39.8 Å². The lowest BCUT2D eigenvalue weighted by atomic mass is 10.1. The van der Waals surface area contributed by atoms with Crippen molar-refractivity contribution in [3.05, 3.63) is 49.9 Å². The third-order valence-corrected chi connectivity index (χ3v) is 4.90. The van der Waals surface area contributed by atoms with E-state index in [0.717, 1.165) is 27.7 Å². The van der Waals surface area contributed by atoms with Gasteiger partial charge in [-0.3, -0.25) is 4.99 Å². The van der Waals surface area contributed by atoms with Gasteiger partial charge in [0.25, 0.3) is 0 Å². The maximum Gasteiger partial charge on any atom is 0.191 e. The Hall–Kier alpha value is -1.40. The van der Waals surface area contributed by atoms with Gasteiger partial charge < -0.3 is 10.6 Å². The fraction of sp³-hybridized carbons (Fsp3) is 0.412. The Morgan fingerprint density at radius 3 is 2.65 bits per heavy atom. The van der Waals surface area contributed by atoms with Gasteiger partial charge in [0.1, 0.15) is 5.01 Å². The van der Waals surface area contributed by atoms with Crippen LogP contribution in [-0.2, 0) is 13.1 Å². The van der Waals surface area contributed by atoms with Crippen LogP contribution in [-0.4, -0.2) is 18.0 Å². The summed E-state index contributed by atoms with van der Waals surface area (Å²) in [7, 11) is 1.78. The molecule has 0 amide bonds. The van der Waals surface area contributed by atoms with Crippen molar-refractivity contribution in [1.29, 1.82) is 0 Å². The molecule has 2 N–H and O–H groups in total. The molecule has 1 aromatic carbocycles. The molecule has 0 unspecified atom stereocenters. The predicted molar refractivity (Wildman–Crippen MR) is 102 cm³/mol. The SMILES string of the molecule is CN=C(NCc1nc(C(C)C)cs1)NCc1ccc(Br)cc1C. The molecular weight excluding hydrogens is 372 g/mol. The molecule has 0 radical (unpaired) electrons.